The topological polar surface area (TPSA) is 68.1 Å². The van der Waals surface area contributed by atoms with Gasteiger partial charge in [-0.3, -0.25) is 4.99 Å². The quantitative estimate of drug-likeness (QED) is 0.476. The van der Waals surface area contributed by atoms with Crippen molar-refractivity contribution in [2.45, 2.75) is 6.42 Å². The van der Waals surface area contributed by atoms with Crippen molar-refractivity contribution in [1.29, 1.82) is 0 Å². The van der Waals surface area contributed by atoms with Crippen molar-refractivity contribution in [2.75, 3.05) is 32.8 Å². The maximum atomic E-state index is 5.98. The number of morpholine rings is 1. The number of ether oxygens (including phenoxy) is 1. The first kappa shape index (κ1) is 16.0. The van der Waals surface area contributed by atoms with Crippen molar-refractivity contribution in [3.8, 4) is 0 Å². The van der Waals surface area contributed by atoms with Crippen LogP contribution in [0.15, 0.2) is 35.6 Å². The van der Waals surface area contributed by atoms with Gasteiger partial charge in [0.05, 0.1) is 18.9 Å². The lowest BCUT2D eigenvalue weighted by atomic mass is 10.3. The number of pyridine rings is 1. The van der Waals surface area contributed by atoms with Gasteiger partial charge in [-0.2, -0.15) is 0 Å². The summed E-state index contributed by atoms with van der Waals surface area (Å²) in [6.07, 6.45) is 4.83. The summed E-state index contributed by atoms with van der Waals surface area (Å²) in [4.78, 5) is 11.0. The number of halogens is 1. The van der Waals surface area contributed by atoms with Crippen LogP contribution in [0.4, 0.5) is 0 Å². The highest BCUT2D eigenvalue weighted by Gasteiger charge is 2.11. The third-order valence-electron chi connectivity index (χ3n) is 3.39. The van der Waals surface area contributed by atoms with Crippen molar-refractivity contribution in [3.63, 3.8) is 0 Å². The van der Waals surface area contributed by atoms with Gasteiger partial charge < -0.3 is 19.8 Å². The van der Waals surface area contributed by atoms with Crippen LogP contribution < -0.4 is 5.73 Å². The van der Waals surface area contributed by atoms with E-state index in [9.17, 15) is 0 Å². The number of fused-ring (bicyclic) bond motifs is 1. The van der Waals surface area contributed by atoms with Crippen molar-refractivity contribution in [3.05, 3.63) is 36.3 Å². The number of nitrogens with zero attached hydrogens (tertiary/aromatic N) is 4. The average molecular weight is 401 g/mol. The van der Waals surface area contributed by atoms with Gasteiger partial charge in [-0.05, 0) is 12.1 Å². The number of hydrogen-bond acceptors (Lipinski definition) is 3. The fraction of sp³-hybridized carbons (Fsp3) is 0.429. The Morgan fingerprint density at radius 3 is 2.90 bits per heavy atom. The monoisotopic (exact) mass is 401 g/mol. The molecule has 0 aliphatic carbocycles. The number of hydrogen-bond donors (Lipinski definition) is 1. The zero-order chi connectivity index (χ0) is 13.8. The summed E-state index contributed by atoms with van der Waals surface area (Å²) in [5.74, 6) is 0.608. The molecule has 21 heavy (non-hydrogen) atoms. The SMILES string of the molecule is I.NC(=NCCc1cn2ccccc2n1)N1CCOCC1. The highest BCUT2D eigenvalue weighted by molar-refractivity contribution is 14.0. The minimum Gasteiger partial charge on any atom is -0.378 e. The van der Waals surface area contributed by atoms with Crippen LogP contribution in [0.25, 0.3) is 5.65 Å². The number of imidazole rings is 1. The van der Waals surface area contributed by atoms with E-state index in [0.29, 0.717) is 12.5 Å². The van der Waals surface area contributed by atoms with Crippen LogP contribution in [0.3, 0.4) is 0 Å². The highest BCUT2D eigenvalue weighted by Crippen LogP contribution is 2.05. The largest absolute Gasteiger partial charge is 0.378 e. The molecular formula is C14H20IN5O. The molecule has 2 N–H and O–H groups in total. The Kier molecular flexibility index (Phi) is 5.80. The second-order valence-corrected chi connectivity index (χ2v) is 4.79. The first-order chi connectivity index (χ1) is 9.83. The van der Waals surface area contributed by atoms with Gasteiger partial charge >= 0.3 is 0 Å². The molecule has 0 spiro atoms. The molecule has 0 aromatic carbocycles. The molecule has 0 bridgehead atoms. The number of aliphatic imine (C=N–C) groups is 1. The second kappa shape index (κ2) is 7.60. The van der Waals surface area contributed by atoms with E-state index in [1.807, 2.05) is 35.0 Å². The Morgan fingerprint density at radius 2 is 2.14 bits per heavy atom. The van der Waals surface area contributed by atoms with Gasteiger partial charge in [0.25, 0.3) is 0 Å². The number of guanidine groups is 1. The summed E-state index contributed by atoms with van der Waals surface area (Å²) in [7, 11) is 0. The summed E-state index contributed by atoms with van der Waals surface area (Å²) >= 11 is 0. The van der Waals surface area contributed by atoms with Crippen molar-refractivity contribution in [2.24, 2.45) is 10.7 Å². The molecule has 0 saturated carbocycles. The predicted molar refractivity (Wildman–Crippen MR) is 93.2 cm³/mol. The molecule has 1 fully saturated rings. The van der Waals surface area contributed by atoms with E-state index in [0.717, 1.165) is 44.1 Å². The molecule has 1 saturated heterocycles. The molecule has 7 heteroatoms. The van der Waals surface area contributed by atoms with E-state index in [1.54, 1.807) is 0 Å². The van der Waals surface area contributed by atoms with Gasteiger partial charge in [0.2, 0.25) is 0 Å². The molecule has 1 aliphatic rings. The normalized spacial score (nSPS) is 16.0. The zero-order valence-corrected chi connectivity index (χ0v) is 14.1. The number of rotatable bonds is 3. The van der Waals surface area contributed by atoms with E-state index in [2.05, 4.69) is 14.9 Å². The molecule has 2 aromatic heterocycles. The van der Waals surface area contributed by atoms with Crippen LogP contribution in [0.2, 0.25) is 0 Å². The van der Waals surface area contributed by atoms with E-state index >= 15 is 0 Å². The van der Waals surface area contributed by atoms with Crippen molar-refractivity contribution < 1.29 is 4.74 Å². The summed E-state index contributed by atoms with van der Waals surface area (Å²) in [5, 5.41) is 0. The first-order valence-corrected chi connectivity index (χ1v) is 6.88. The summed E-state index contributed by atoms with van der Waals surface area (Å²) < 4.78 is 7.31. The van der Waals surface area contributed by atoms with E-state index < -0.39 is 0 Å². The number of nitrogens with two attached hydrogens (primary N) is 1. The van der Waals surface area contributed by atoms with Crippen LogP contribution in [0, 0.1) is 0 Å². The summed E-state index contributed by atoms with van der Waals surface area (Å²) in [6.45, 7) is 3.76. The van der Waals surface area contributed by atoms with Gasteiger partial charge in [-0.25, -0.2) is 4.98 Å². The van der Waals surface area contributed by atoms with Gasteiger partial charge in [-0.1, -0.05) is 6.07 Å². The molecule has 3 rings (SSSR count). The van der Waals surface area contributed by atoms with Crippen LogP contribution in [-0.2, 0) is 11.2 Å². The average Bonchev–Trinajstić information content (AvgIpc) is 2.90. The molecule has 114 valence electrons. The Labute approximate surface area is 141 Å². The smallest absolute Gasteiger partial charge is 0.191 e. The van der Waals surface area contributed by atoms with Crippen molar-refractivity contribution >= 4 is 35.6 Å². The minimum atomic E-state index is 0. The van der Waals surface area contributed by atoms with Gasteiger partial charge in [0, 0.05) is 38.4 Å². The standard InChI is InChI=1S/C14H19N5O.HI/c15-14(18-7-9-20-10-8-18)16-5-4-12-11-19-6-2-1-3-13(19)17-12;/h1-3,6,11H,4-5,7-10H2,(H2,15,16);1H. The molecule has 0 radical (unpaired) electrons. The van der Waals surface area contributed by atoms with Crippen LogP contribution in [-0.4, -0.2) is 53.1 Å². The second-order valence-electron chi connectivity index (χ2n) is 4.79. The lowest BCUT2D eigenvalue weighted by Gasteiger charge is -2.27. The third-order valence-corrected chi connectivity index (χ3v) is 3.39. The zero-order valence-electron chi connectivity index (χ0n) is 11.8. The van der Waals surface area contributed by atoms with Crippen LogP contribution in [0.5, 0.6) is 0 Å². The lowest BCUT2D eigenvalue weighted by molar-refractivity contribution is 0.0674. The third kappa shape index (κ3) is 4.07. The molecule has 0 amide bonds. The van der Waals surface area contributed by atoms with E-state index in [-0.39, 0.29) is 24.0 Å². The fourth-order valence-corrected chi connectivity index (χ4v) is 2.29. The van der Waals surface area contributed by atoms with Gasteiger partial charge in [0.15, 0.2) is 5.96 Å². The Hall–Kier alpha value is -1.35. The van der Waals surface area contributed by atoms with Gasteiger partial charge in [-0.15, -0.1) is 24.0 Å². The Morgan fingerprint density at radius 1 is 1.33 bits per heavy atom. The molecule has 0 unspecified atom stereocenters. The minimum absolute atomic E-state index is 0. The summed E-state index contributed by atoms with van der Waals surface area (Å²) in [5.41, 5.74) is 7.98. The van der Waals surface area contributed by atoms with Crippen molar-refractivity contribution in [1.82, 2.24) is 14.3 Å². The first-order valence-electron chi connectivity index (χ1n) is 6.88. The van der Waals surface area contributed by atoms with Crippen LogP contribution in [0.1, 0.15) is 5.69 Å². The molecule has 0 atom stereocenters. The molecule has 1 aliphatic heterocycles. The predicted octanol–water partition coefficient (Wildman–Crippen LogP) is 1.14. The Bertz CT molecular complexity index is 573. The lowest BCUT2D eigenvalue weighted by Crippen LogP contribution is -2.44. The molecule has 2 aromatic rings. The van der Waals surface area contributed by atoms with E-state index in [1.165, 1.54) is 0 Å². The molecule has 3 heterocycles. The maximum absolute atomic E-state index is 5.98. The fourth-order valence-electron chi connectivity index (χ4n) is 2.29. The number of aromatic nitrogens is 2. The highest BCUT2D eigenvalue weighted by atomic mass is 127. The maximum Gasteiger partial charge on any atom is 0.191 e. The molecular weight excluding hydrogens is 381 g/mol. The van der Waals surface area contributed by atoms with Gasteiger partial charge in [0.1, 0.15) is 5.65 Å². The van der Waals surface area contributed by atoms with E-state index in [4.69, 9.17) is 10.5 Å². The molecule has 6 nitrogen and oxygen atoms in total. The summed E-state index contributed by atoms with van der Waals surface area (Å²) in [6, 6.07) is 5.97. The van der Waals surface area contributed by atoms with Crippen LogP contribution >= 0.6 is 24.0 Å². The Balaban J connectivity index is 0.00000161.